The van der Waals surface area contributed by atoms with E-state index in [-0.39, 0.29) is 6.10 Å². The van der Waals surface area contributed by atoms with Gasteiger partial charge in [-0.25, -0.2) is 9.97 Å². The van der Waals surface area contributed by atoms with Crippen LogP contribution in [0.2, 0.25) is 5.15 Å². The number of aliphatic hydroxyl groups excluding tert-OH is 1. The van der Waals surface area contributed by atoms with Crippen LogP contribution in [0.5, 0.6) is 0 Å². The summed E-state index contributed by atoms with van der Waals surface area (Å²) < 4.78 is 0. The van der Waals surface area contributed by atoms with Crippen LogP contribution in [0.4, 0.5) is 11.5 Å². The first-order chi connectivity index (χ1) is 9.13. The number of hydrogen-bond donors (Lipinski definition) is 2. The van der Waals surface area contributed by atoms with Gasteiger partial charge in [-0.05, 0) is 12.8 Å². The second-order valence-electron chi connectivity index (χ2n) is 5.11. The molecule has 1 heterocycles. The Bertz CT molecular complexity index is 429. The highest BCUT2D eigenvalue weighted by Crippen LogP contribution is 2.31. The van der Waals surface area contributed by atoms with Gasteiger partial charge in [0.25, 0.3) is 0 Å². The van der Waals surface area contributed by atoms with Crippen LogP contribution in [0.3, 0.4) is 0 Å². The molecule has 1 aromatic heterocycles. The number of hydrogen-bond acceptors (Lipinski definition) is 5. The van der Waals surface area contributed by atoms with Crippen molar-refractivity contribution in [1.29, 1.82) is 0 Å². The maximum atomic E-state index is 10.0. The highest BCUT2D eigenvalue weighted by Gasteiger charge is 2.25. The molecule has 2 N–H and O–H groups in total. The maximum absolute atomic E-state index is 10.0. The Morgan fingerprint density at radius 3 is 2.84 bits per heavy atom. The summed E-state index contributed by atoms with van der Waals surface area (Å²) in [5, 5.41) is 13.5. The van der Waals surface area contributed by atoms with Gasteiger partial charge >= 0.3 is 0 Å². The predicted octanol–water partition coefficient (Wildman–Crippen LogP) is 2.16. The van der Waals surface area contributed by atoms with Crippen molar-refractivity contribution in [1.82, 2.24) is 9.97 Å². The molecule has 0 radical (unpaired) electrons. The fraction of sp³-hybridized carbons (Fsp3) is 0.692. The molecule has 1 saturated carbocycles. The minimum atomic E-state index is -0.202. The molecule has 2 atom stereocenters. The number of nitrogens with zero attached hydrogens (tertiary/aromatic N) is 3. The third kappa shape index (κ3) is 3.28. The van der Waals surface area contributed by atoms with Crippen LogP contribution < -0.4 is 10.2 Å². The maximum Gasteiger partial charge on any atom is 0.157 e. The lowest BCUT2D eigenvalue weighted by molar-refractivity contribution is 0.0736. The third-order valence-electron chi connectivity index (χ3n) is 3.77. The number of aromatic nitrogens is 2. The van der Waals surface area contributed by atoms with Crippen LogP contribution >= 0.6 is 11.6 Å². The Labute approximate surface area is 119 Å². The van der Waals surface area contributed by atoms with Gasteiger partial charge in [0.05, 0.1) is 6.10 Å². The van der Waals surface area contributed by atoms with Gasteiger partial charge < -0.3 is 15.3 Å². The van der Waals surface area contributed by atoms with E-state index in [1.807, 2.05) is 11.9 Å². The molecule has 1 aliphatic carbocycles. The van der Waals surface area contributed by atoms with Crippen LogP contribution in [0.1, 0.15) is 25.7 Å². The van der Waals surface area contributed by atoms with E-state index in [1.165, 1.54) is 12.7 Å². The molecule has 2 rings (SSSR count). The fourth-order valence-electron chi connectivity index (χ4n) is 2.70. The molecule has 6 heteroatoms. The van der Waals surface area contributed by atoms with Crippen LogP contribution in [0.25, 0.3) is 0 Å². The molecule has 0 spiro atoms. The van der Waals surface area contributed by atoms with Crippen molar-refractivity contribution in [3.8, 4) is 0 Å². The van der Waals surface area contributed by atoms with E-state index in [0.29, 0.717) is 11.1 Å². The number of anilines is 2. The molecule has 1 fully saturated rings. The largest absolute Gasteiger partial charge is 0.393 e. The van der Waals surface area contributed by atoms with Crippen molar-refractivity contribution >= 4 is 23.1 Å². The SMILES string of the molecule is CNc1c(Cl)ncnc1N(C)CC1CCCCC1O. The second kappa shape index (κ2) is 6.39. The number of halogens is 1. The van der Waals surface area contributed by atoms with Crippen LogP contribution in [0, 0.1) is 5.92 Å². The van der Waals surface area contributed by atoms with Gasteiger partial charge in [0.15, 0.2) is 11.0 Å². The number of aliphatic hydroxyl groups is 1. The van der Waals surface area contributed by atoms with E-state index in [0.717, 1.165) is 37.3 Å². The Hall–Kier alpha value is -1.07. The molecule has 0 bridgehead atoms. The smallest absolute Gasteiger partial charge is 0.157 e. The zero-order valence-corrected chi connectivity index (χ0v) is 12.2. The van der Waals surface area contributed by atoms with Crippen molar-refractivity contribution in [2.75, 3.05) is 30.9 Å². The zero-order chi connectivity index (χ0) is 13.8. The molecule has 0 aliphatic heterocycles. The summed E-state index contributed by atoms with van der Waals surface area (Å²) in [6, 6.07) is 0. The zero-order valence-electron chi connectivity index (χ0n) is 11.4. The molecule has 5 nitrogen and oxygen atoms in total. The van der Waals surface area contributed by atoms with Gasteiger partial charge in [0.1, 0.15) is 12.0 Å². The summed E-state index contributed by atoms with van der Waals surface area (Å²) in [7, 11) is 3.78. The van der Waals surface area contributed by atoms with Gasteiger partial charge in [0.2, 0.25) is 0 Å². The number of rotatable bonds is 4. The Balaban J connectivity index is 2.11. The van der Waals surface area contributed by atoms with Crippen molar-refractivity contribution < 1.29 is 5.11 Å². The first kappa shape index (κ1) is 14.3. The summed E-state index contributed by atoms with van der Waals surface area (Å²) in [6.45, 7) is 0.781. The van der Waals surface area contributed by atoms with E-state index in [9.17, 15) is 5.11 Å². The molecule has 1 aliphatic rings. The summed E-state index contributed by atoms with van der Waals surface area (Å²) in [6.07, 6.45) is 5.56. The predicted molar refractivity (Wildman–Crippen MR) is 77.8 cm³/mol. The van der Waals surface area contributed by atoms with Gasteiger partial charge in [-0.15, -0.1) is 0 Å². The van der Waals surface area contributed by atoms with Crippen LogP contribution in [0.15, 0.2) is 6.33 Å². The highest BCUT2D eigenvalue weighted by molar-refractivity contribution is 6.32. The Morgan fingerprint density at radius 2 is 2.16 bits per heavy atom. The molecule has 0 aromatic carbocycles. The Morgan fingerprint density at radius 1 is 1.42 bits per heavy atom. The summed E-state index contributed by atoms with van der Waals surface area (Å²) in [4.78, 5) is 10.3. The molecule has 0 saturated heterocycles. The van der Waals surface area contributed by atoms with Crippen molar-refractivity contribution in [3.63, 3.8) is 0 Å². The quantitative estimate of drug-likeness (QED) is 0.830. The topological polar surface area (TPSA) is 61.3 Å². The van der Waals surface area contributed by atoms with Gasteiger partial charge in [-0.3, -0.25) is 0 Å². The van der Waals surface area contributed by atoms with E-state index < -0.39 is 0 Å². The molecule has 1 aromatic rings. The molecular weight excluding hydrogens is 264 g/mol. The molecular formula is C13H21ClN4O. The highest BCUT2D eigenvalue weighted by atomic mass is 35.5. The first-order valence-corrected chi connectivity index (χ1v) is 7.08. The van der Waals surface area contributed by atoms with Crippen LogP contribution in [-0.4, -0.2) is 41.8 Å². The molecule has 106 valence electrons. The van der Waals surface area contributed by atoms with Crippen molar-refractivity contribution in [3.05, 3.63) is 11.5 Å². The molecule has 19 heavy (non-hydrogen) atoms. The van der Waals surface area contributed by atoms with E-state index in [2.05, 4.69) is 15.3 Å². The fourth-order valence-corrected chi connectivity index (χ4v) is 2.92. The van der Waals surface area contributed by atoms with Crippen molar-refractivity contribution in [2.45, 2.75) is 31.8 Å². The monoisotopic (exact) mass is 284 g/mol. The summed E-state index contributed by atoms with van der Waals surface area (Å²) >= 11 is 6.06. The van der Waals surface area contributed by atoms with Gasteiger partial charge in [-0.2, -0.15) is 0 Å². The molecule has 2 unspecified atom stereocenters. The Kier molecular flexibility index (Phi) is 4.82. The number of nitrogens with one attached hydrogen (secondary N) is 1. The van der Waals surface area contributed by atoms with Crippen molar-refractivity contribution in [2.24, 2.45) is 5.92 Å². The average Bonchev–Trinajstić information content (AvgIpc) is 2.41. The lowest BCUT2D eigenvalue weighted by atomic mass is 9.86. The lowest BCUT2D eigenvalue weighted by Gasteiger charge is -2.32. The summed E-state index contributed by atoms with van der Waals surface area (Å²) in [5.41, 5.74) is 0.733. The van der Waals surface area contributed by atoms with E-state index in [4.69, 9.17) is 11.6 Å². The minimum Gasteiger partial charge on any atom is -0.393 e. The van der Waals surface area contributed by atoms with E-state index >= 15 is 0 Å². The van der Waals surface area contributed by atoms with Crippen LogP contribution in [-0.2, 0) is 0 Å². The normalized spacial score (nSPS) is 23.2. The minimum absolute atomic E-state index is 0.202. The third-order valence-corrected chi connectivity index (χ3v) is 4.06. The second-order valence-corrected chi connectivity index (χ2v) is 5.46. The average molecular weight is 285 g/mol. The van der Waals surface area contributed by atoms with Gasteiger partial charge in [-0.1, -0.05) is 24.4 Å². The molecule has 0 amide bonds. The first-order valence-electron chi connectivity index (χ1n) is 6.71. The van der Waals surface area contributed by atoms with Gasteiger partial charge in [0, 0.05) is 26.6 Å². The standard InChI is InChI=1S/C13H21ClN4O/c1-15-11-12(14)16-8-17-13(11)18(2)7-9-5-3-4-6-10(9)19/h8-10,15,19H,3-7H2,1-2H3. The summed E-state index contributed by atoms with van der Waals surface area (Å²) in [5.74, 6) is 1.08. The van der Waals surface area contributed by atoms with E-state index in [1.54, 1.807) is 7.05 Å². The lowest BCUT2D eigenvalue weighted by Crippen LogP contribution is -2.35.